The first-order valence-corrected chi connectivity index (χ1v) is 7.55. The van der Waals surface area contributed by atoms with Crippen LogP contribution in [-0.4, -0.2) is 27.4 Å². The predicted octanol–water partition coefficient (Wildman–Crippen LogP) is 0.612. The number of sulfonamides is 1. The number of benzene rings is 1. The van der Waals surface area contributed by atoms with Crippen molar-refractivity contribution in [1.82, 2.24) is 10.0 Å². The third kappa shape index (κ3) is 4.64. The molecule has 1 aromatic carbocycles. The van der Waals surface area contributed by atoms with Crippen LogP contribution in [0.25, 0.3) is 0 Å². The average molecular weight is 295 g/mol. The van der Waals surface area contributed by atoms with Crippen LogP contribution in [0, 0.1) is 25.2 Å². The lowest BCUT2D eigenvalue weighted by atomic mass is 10.2. The Bertz CT molecular complexity index is 633. The molecule has 0 unspecified atom stereocenters. The van der Waals surface area contributed by atoms with Crippen molar-refractivity contribution < 1.29 is 13.2 Å². The van der Waals surface area contributed by atoms with Gasteiger partial charge in [-0.05, 0) is 31.0 Å². The molecule has 0 saturated heterocycles. The first kappa shape index (κ1) is 16.1. The molecule has 2 N–H and O–H groups in total. The highest BCUT2D eigenvalue weighted by Gasteiger charge is 2.16. The molecule has 0 aliphatic rings. The van der Waals surface area contributed by atoms with Gasteiger partial charge in [0.1, 0.15) is 6.42 Å². The number of carbonyl (C=O) groups is 1. The monoisotopic (exact) mass is 295 g/mol. The van der Waals surface area contributed by atoms with Gasteiger partial charge in [-0.3, -0.25) is 4.79 Å². The molecule has 0 atom stereocenters. The highest BCUT2D eigenvalue weighted by atomic mass is 32.2. The second-order valence-electron chi connectivity index (χ2n) is 4.35. The lowest BCUT2D eigenvalue weighted by molar-refractivity contribution is -0.120. The van der Waals surface area contributed by atoms with Gasteiger partial charge in [0.2, 0.25) is 15.9 Å². The van der Waals surface area contributed by atoms with Crippen molar-refractivity contribution in [1.29, 1.82) is 5.26 Å². The number of amides is 1. The minimum atomic E-state index is -3.59. The molecule has 6 nitrogen and oxygen atoms in total. The van der Waals surface area contributed by atoms with Gasteiger partial charge in [0, 0.05) is 13.1 Å². The van der Waals surface area contributed by atoms with E-state index in [1.54, 1.807) is 25.1 Å². The molecule has 0 fully saturated rings. The fourth-order valence-corrected chi connectivity index (χ4v) is 2.96. The maximum Gasteiger partial charge on any atom is 0.240 e. The van der Waals surface area contributed by atoms with Crippen LogP contribution < -0.4 is 10.0 Å². The molecule has 0 radical (unpaired) electrons. The number of rotatable bonds is 6. The number of carbonyl (C=O) groups excluding carboxylic acids is 1. The van der Waals surface area contributed by atoms with Crippen molar-refractivity contribution in [2.45, 2.75) is 25.2 Å². The van der Waals surface area contributed by atoms with Crippen LogP contribution in [0.4, 0.5) is 0 Å². The maximum absolute atomic E-state index is 12.1. The fourth-order valence-electron chi connectivity index (χ4n) is 1.60. The number of hydrogen-bond acceptors (Lipinski definition) is 4. The molecular weight excluding hydrogens is 278 g/mol. The van der Waals surface area contributed by atoms with E-state index in [1.807, 2.05) is 13.0 Å². The summed E-state index contributed by atoms with van der Waals surface area (Å²) in [6.07, 6.45) is -0.232. The Balaban J connectivity index is 2.61. The van der Waals surface area contributed by atoms with Crippen molar-refractivity contribution in [3.63, 3.8) is 0 Å². The summed E-state index contributed by atoms with van der Waals surface area (Å²) in [6.45, 7) is 3.76. The van der Waals surface area contributed by atoms with E-state index in [0.717, 1.165) is 5.56 Å². The summed E-state index contributed by atoms with van der Waals surface area (Å²) < 4.78 is 26.6. The Morgan fingerprint density at radius 1 is 1.30 bits per heavy atom. The second kappa shape index (κ2) is 7.03. The lowest BCUT2D eigenvalue weighted by Gasteiger charge is -2.10. The molecule has 20 heavy (non-hydrogen) atoms. The quantitative estimate of drug-likeness (QED) is 0.751. The van der Waals surface area contributed by atoms with E-state index in [9.17, 15) is 13.2 Å². The van der Waals surface area contributed by atoms with E-state index < -0.39 is 15.9 Å². The summed E-state index contributed by atoms with van der Waals surface area (Å²) in [5.74, 6) is -0.418. The van der Waals surface area contributed by atoms with E-state index in [-0.39, 0.29) is 24.4 Å². The number of hydrogen-bond donors (Lipinski definition) is 2. The summed E-state index contributed by atoms with van der Waals surface area (Å²) >= 11 is 0. The lowest BCUT2D eigenvalue weighted by Crippen LogP contribution is -2.34. The minimum absolute atomic E-state index is 0.0763. The van der Waals surface area contributed by atoms with Crippen LogP contribution >= 0.6 is 0 Å². The molecule has 0 saturated carbocycles. The van der Waals surface area contributed by atoms with Crippen LogP contribution in [0.5, 0.6) is 0 Å². The van der Waals surface area contributed by atoms with E-state index >= 15 is 0 Å². The van der Waals surface area contributed by atoms with Crippen LogP contribution in [-0.2, 0) is 14.8 Å². The van der Waals surface area contributed by atoms with Gasteiger partial charge in [-0.15, -0.1) is 0 Å². The predicted molar refractivity (Wildman–Crippen MR) is 74.3 cm³/mol. The molecule has 7 heteroatoms. The normalized spacial score (nSPS) is 10.8. The first-order chi connectivity index (χ1) is 9.36. The van der Waals surface area contributed by atoms with Crippen molar-refractivity contribution in [3.8, 4) is 6.07 Å². The summed E-state index contributed by atoms with van der Waals surface area (Å²) in [4.78, 5) is 11.3. The highest BCUT2D eigenvalue weighted by molar-refractivity contribution is 7.89. The zero-order valence-corrected chi connectivity index (χ0v) is 12.3. The van der Waals surface area contributed by atoms with Gasteiger partial charge in [-0.25, -0.2) is 13.1 Å². The van der Waals surface area contributed by atoms with Crippen molar-refractivity contribution >= 4 is 15.9 Å². The van der Waals surface area contributed by atoms with E-state index in [2.05, 4.69) is 10.0 Å². The summed E-state index contributed by atoms with van der Waals surface area (Å²) in [7, 11) is -3.59. The maximum atomic E-state index is 12.1. The molecule has 1 amide bonds. The first-order valence-electron chi connectivity index (χ1n) is 6.07. The van der Waals surface area contributed by atoms with E-state index in [1.165, 1.54) is 0 Å². The van der Waals surface area contributed by atoms with E-state index in [4.69, 9.17) is 5.26 Å². The standard InChI is InChI=1S/C13H17N3O3S/c1-10-3-4-11(2)12(9-10)20(18,19)16-8-7-15-13(17)5-6-14/h3-4,9,16H,5,7-8H2,1-2H3,(H,15,17). The molecule has 0 aromatic heterocycles. The smallest absolute Gasteiger partial charge is 0.240 e. The third-order valence-electron chi connectivity index (χ3n) is 2.61. The molecule has 0 aliphatic heterocycles. The Kier molecular flexibility index (Phi) is 5.67. The molecule has 0 spiro atoms. The van der Waals surface area contributed by atoms with E-state index in [0.29, 0.717) is 5.56 Å². The fraction of sp³-hybridized carbons (Fsp3) is 0.385. The Morgan fingerprint density at radius 2 is 2.00 bits per heavy atom. The van der Waals surface area contributed by atoms with Crippen molar-refractivity contribution in [2.75, 3.05) is 13.1 Å². The van der Waals surface area contributed by atoms with Crippen LogP contribution in [0.2, 0.25) is 0 Å². The Morgan fingerprint density at radius 3 is 2.65 bits per heavy atom. The molecule has 0 aliphatic carbocycles. The Labute approximate surface area is 118 Å². The van der Waals surface area contributed by atoms with Gasteiger partial charge in [-0.2, -0.15) is 5.26 Å². The SMILES string of the molecule is Cc1ccc(C)c(S(=O)(=O)NCCNC(=O)CC#N)c1. The third-order valence-corrected chi connectivity index (χ3v) is 4.22. The number of nitriles is 1. The van der Waals surface area contributed by atoms with Gasteiger partial charge in [0.05, 0.1) is 11.0 Å². The van der Waals surface area contributed by atoms with Crippen LogP contribution in [0.3, 0.4) is 0 Å². The molecule has 1 aromatic rings. The zero-order valence-electron chi connectivity index (χ0n) is 11.4. The Hall–Kier alpha value is -1.91. The van der Waals surface area contributed by atoms with Crippen molar-refractivity contribution in [3.05, 3.63) is 29.3 Å². The molecule has 108 valence electrons. The highest BCUT2D eigenvalue weighted by Crippen LogP contribution is 2.16. The summed E-state index contributed by atoms with van der Waals surface area (Å²) in [5, 5.41) is 10.8. The topological polar surface area (TPSA) is 99.1 Å². The average Bonchev–Trinajstić information content (AvgIpc) is 2.38. The summed E-state index contributed by atoms with van der Waals surface area (Å²) in [5.41, 5.74) is 1.52. The van der Waals surface area contributed by atoms with Crippen molar-refractivity contribution in [2.24, 2.45) is 0 Å². The van der Waals surface area contributed by atoms with Gasteiger partial charge < -0.3 is 5.32 Å². The largest absolute Gasteiger partial charge is 0.354 e. The van der Waals surface area contributed by atoms with Crippen LogP contribution in [0.1, 0.15) is 17.5 Å². The molecule has 0 bridgehead atoms. The zero-order chi connectivity index (χ0) is 15.2. The molecular formula is C13H17N3O3S. The van der Waals surface area contributed by atoms with Gasteiger partial charge >= 0.3 is 0 Å². The van der Waals surface area contributed by atoms with Gasteiger partial charge in [0.25, 0.3) is 0 Å². The molecule has 1 rings (SSSR count). The minimum Gasteiger partial charge on any atom is -0.354 e. The number of nitrogens with zero attached hydrogens (tertiary/aromatic N) is 1. The number of aryl methyl sites for hydroxylation is 2. The van der Waals surface area contributed by atoms with Gasteiger partial charge in [0.15, 0.2) is 0 Å². The van der Waals surface area contributed by atoms with Gasteiger partial charge in [-0.1, -0.05) is 12.1 Å². The summed E-state index contributed by atoms with van der Waals surface area (Å²) in [6, 6.07) is 6.91. The van der Waals surface area contributed by atoms with Crippen LogP contribution in [0.15, 0.2) is 23.1 Å². The second-order valence-corrected chi connectivity index (χ2v) is 6.09. The molecule has 0 heterocycles. The number of nitrogens with one attached hydrogen (secondary N) is 2.